The molecule has 0 saturated carbocycles. The van der Waals surface area contributed by atoms with Gasteiger partial charge in [0, 0.05) is 25.1 Å². The second-order valence-electron chi connectivity index (χ2n) is 12.1. The number of benzene rings is 1. The summed E-state index contributed by atoms with van der Waals surface area (Å²) in [5, 5.41) is 0.600. The maximum atomic E-state index is 13.9. The van der Waals surface area contributed by atoms with Gasteiger partial charge in [-0.2, -0.15) is 0 Å². The molecule has 3 rings (SSSR count). The van der Waals surface area contributed by atoms with Crippen LogP contribution in [-0.2, 0) is 15.6 Å². The van der Waals surface area contributed by atoms with Crippen LogP contribution in [0.15, 0.2) is 29.6 Å². The number of ether oxygens (including phenoxy) is 2. The summed E-state index contributed by atoms with van der Waals surface area (Å²) in [5.41, 5.74) is 0.759. The Bertz CT molecular complexity index is 1210. The Hall–Kier alpha value is -2.43. The number of Topliss-reactive ketones (excluding diaryl/α,β-unsaturated/α-hetero) is 2. The average Bonchev–Trinajstić information content (AvgIpc) is 2.89. The Labute approximate surface area is 238 Å². The number of fused-ring (bicyclic) bond motifs is 1. The fourth-order valence-electron chi connectivity index (χ4n) is 4.45. The molecular weight excluding hydrogens is 530 g/mol. The number of methoxy groups -OCH3 is 2. The zero-order valence-electron chi connectivity index (χ0n) is 25.0. The fraction of sp³-hybridized carbons (Fsp3) is 0.586. The van der Waals surface area contributed by atoms with Crippen molar-refractivity contribution < 1.29 is 23.5 Å². The summed E-state index contributed by atoms with van der Waals surface area (Å²) in [6, 6.07) is 4.93. The van der Waals surface area contributed by atoms with E-state index < -0.39 is 19.9 Å². The molecule has 0 fully saturated rings. The number of nitrogens with zero attached hydrogens (tertiary/aromatic N) is 3. The smallest absolute Gasteiger partial charge is 0.192 e. The Balaban J connectivity index is 1.96. The molecule has 1 unspecified atom stereocenters. The molecule has 0 bridgehead atoms. The van der Waals surface area contributed by atoms with Crippen LogP contribution in [0.2, 0.25) is 18.1 Å². The molecular formula is C29H43N3O5SSi. The number of anilines is 1. The Morgan fingerprint density at radius 1 is 1.15 bits per heavy atom. The SMILES string of the molecule is COc1ccc(CCC(=O)C2CC(=O)c3cnc(SC)nc3N2C(C)(C)CO[Si](C)(C)C(C)(C)C)c(OC)c1. The van der Waals surface area contributed by atoms with Crippen LogP contribution in [0.25, 0.3) is 0 Å². The monoisotopic (exact) mass is 573 g/mol. The van der Waals surface area contributed by atoms with E-state index in [4.69, 9.17) is 18.9 Å². The molecule has 1 aromatic heterocycles. The van der Waals surface area contributed by atoms with Gasteiger partial charge in [0.25, 0.3) is 0 Å². The van der Waals surface area contributed by atoms with Crippen molar-refractivity contribution in [3.05, 3.63) is 35.5 Å². The van der Waals surface area contributed by atoms with Crippen LogP contribution in [0.5, 0.6) is 11.5 Å². The average molecular weight is 574 g/mol. The fourth-order valence-corrected chi connectivity index (χ4v) is 5.94. The van der Waals surface area contributed by atoms with E-state index in [9.17, 15) is 9.59 Å². The van der Waals surface area contributed by atoms with Gasteiger partial charge in [-0.05, 0) is 56.3 Å². The third-order valence-electron chi connectivity index (χ3n) is 7.90. The summed E-state index contributed by atoms with van der Waals surface area (Å²) in [6.07, 6.45) is 4.31. The quantitative estimate of drug-likeness (QED) is 0.183. The summed E-state index contributed by atoms with van der Waals surface area (Å²) in [7, 11) is 1.14. The third kappa shape index (κ3) is 6.84. The Kier molecular flexibility index (Phi) is 9.55. The van der Waals surface area contributed by atoms with Crippen LogP contribution < -0.4 is 14.4 Å². The van der Waals surface area contributed by atoms with E-state index in [1.165, 1.54) is 11.8 Å². The van der Waals surface area contributed by atoms with E-state index in [1.54, 1.807) is 20.4 Å². The van der Waals surface area contributed by atoms with Crippen molar-refractivity contribution in [1.82, 2.24) is 9.97 Å². The Morgan fingerprint density at radius 2 is 1.85 bits per heavy atom. The predicted octanol–water partition coefficient (Wildman–Crippen LogP) is 5.98. The molecule has 1 aliphatic heterocycles. The van der Waals surface area contributed by atoms with Crippen molar-refractivity contribution in [3.8, 4) is 11.5 Å². The number of rotatable bonds is 11. The minimum atomic E-state index is -2.07. The van der Waals surface area contributed by atoms with Gasteiger partial charge in [0.05, 0.1) is 38.0 Å². The number of hydrogen-bond donors (Lipinski definition) is 0. The normalized spacial score (nSPS) is 16.2. The minimum Gasteiger partial charge on any atom is -0.497 e. The molecule has 214 valence electrons. The van der Waals surface area contributed by atoms with Gasteiger partial charge in [0.15, 0.2) is 25.0 Å². The van der Waals surface area contributed by atoms with Crippen LogP contribution in [-0.4, -0.2) is 68.5 Å². The molecule has 0 amide bonds. The molecule has 0 aliphatic carbocycles. The van der Waals surface area contributed by atoms with E-state index in [0.29, 0.717) is 41.1 Å². The number of aryl methyl sites for hydroxylation is 1. The van der Waals surface area contributed by atoms with Crippen molar-refractivity contribution in [2.24, 2.45) is 0 Å². The van der Waals surface area contributed by atoms with Crippen LogP contribution >= 0.6 is 11.8 Å². The molecule has 8 nitrogen and oxygen atoms in total. The van der Waals surface area contributed by atoms with Gasteiger partial charge in [0.1, 0.15) is 17.3 Å². The zero-order valence-corrected chi connectivity index (χ0v) is 26.8. The van der Waals surface area contributed by atoms with E-state index in [1.807, 2.05) is 29.4 Å². The molecule has 0 N–H and O–H groups in total. The molecule has 0 radical (unpaired) electrons. The molecule has 0 spiro atoms. The zero-order chi connectivity index (χ0) is 29.2. The minimum absolute atomic E-state index is 0.0170. The van der Waals surface area contributed by atoms with E-state index in [0.717, 1.165) is 5.56 Å². The van der Waals surface area contributed by atoms with Crippen LogP contribution in [0.1, 0.15) is 63.4 Å². The third-order valence-corrected chi connectivity index (χ3v) is 12.9. The van der Waals surface area contributed by atoms with Gasteiger partial charge in [0.2, 0.25) is 0 Å². The Morgan fingerprint density at radius 3 is 2.44 bits per heavy atom. The summed E-state index contributed by atoms with van der Waals surface area (Å²) in [6.45, 7) is 15.6. The van der Waals surface area contributed by atoms with Gasteiger partial charge in [-0.15, -0.1) is 0 Å². The standard InChI is InChI=1S/C29H43N3O5SSi/c1-28(2,3)39(9,10)37-18-29(4,5)32-22(16-24(34)21-17-30-27(38-8)31-26(21)32)23(33)14-12-19-11-13-20(35-6)15-25(19)36-7/h11,13,15,17,22H,12,14,16,18H2,1-10H3. The first kappa shape index (κ1) is 31.1. The van der Waals surface area contributed by atoms with Gasteiger partial charge < -0.3 is 18.8 Å². The van der Waals surface area contributed by atoms with E-state index in [2.05, 4.69) is 52.7 Å². The molecule has 1 aliphatic rings. The van der Waals surface area contributed by atoms with Gasteiger partial charge >= 0.3 is 0 Å². The molecule has 2 heterocycles. The highest BCUT2D eigenvalue weighted by Crippen LogP contribution is 2.40. The number of carbonyl (C=O) groups excluding carboxylic acids is 2. The van der Waals surface area contributed by atoms with Gasteiger partial charge in [-0.1, -0.05) is 38.6 Å². The molecule has 1 aromatic carbocycles. The number of aromatic nitrogens is 2. The second kappa shape index (κ2) is 12.0. The number of ketones is 2. The molecule has 10 heteroatoms. The molecule has 39 heavy (non-hydrogen) atoms. The second-order valence-corrected chi connectivity index (χ2v) is 17.7. The lowest BCUT2D eigenvalue weighted by molar-refractivity contribution is -0.120. The summed E-state index contributed by atoms with van der Waals surface area (Å²) < 4.78 is 17.5. The topological polar surface area (TPSA) is 90.9 Å². The van der Waals surface area contributed by atoms with Crippen LogP contribution in [0.4, 0.5) is 5.82 Å². The number of hydrogen-bond acceptors (Lipinski definition) is 9. The first-order chi connectivity index (χ1) is 18.1. The van der Waals surface area contributed by atoms with Crippen molar-refractivity contribution in [2.75, 3.05) is 32.0 Å². The predicted molar refractivity (Wildman–Crippen MR) is 159 cm³/mol. The number of carbonyl (C=O) groups is 2. The lowest BCUT2D eigenvalue weighted by atomic mass is 9.88. The highest BCUT2D eigenvalue weighted by atomic mass is 32.2. The lowest BCUT2D eigenvalue weighted by Gasteiger charge is -2.48. The van der Waals surface area contributed by atoms with Crippen molar-refractivity contribution in [1.29, 1.82) is 0 Å². The lowest BCUT2D eigenvalue weighted by Crippen LogP contribution is -2.60. The molecule has 2 aromatic rings. The van der Waals surface area contributed by atoms with Crippen LogP contribution in [0.3, 0.4) is 0 Å². The summed E-state index contributed by atoms with van der Waals surface area (Å²) in [4.78, 5) is 38.2. The van der Waals surface area contributed by atoms with Crippen molar-refractivity contribution in [3.63, 3.8) is 0 Å². The first-order valence-corrected chi connectivity index (χ1v) is 17.4. The van der Waals surface area contributed by atoms with E-state index in [-0.39, 0.29) is 29.4 Å². The first-order valence-electron chi connectivity index (χ1n) is 13.3. The highest BCUT2D eigenvalue weighted by molar-refractivity contribution is 7.98. The highest BCUT2D eigenvalue weighted by Gasteiger charge is 2.46. The maximum Gasteiger partial charge on any atom is 0.192 e. The van der Waals surface area contributed by atoms with Gasteiger partial charge in [-0.25, -0.2) is 9.97 Å². The summed E-state index contributed by atoms with van der Waals surface area (Å²) >= 11 is 1.41. The van der Waals surface area contributed by atoms with Crippen molar-refractivity contribution >= 4 is 37.5 Å². The molecule has 1 atom stereocenters. The van der Waals surface area contributed by atoms with Gasteiger partial charge in [-0.3, -0.25) is 9.59 Å². The largest absolute Gasteiger partial charge is 0.497 e. The van der Waals surface area contributed by atoms with E-state index >= 15 is 0 Å². The van der Waals surface area contributed by atoms with Crippen molar-refractivity contribution in [2.45, 2.75) is 88.8 Å². The molecule has 0 saturated heterocycles. The summed E-state index contributed by atoms with van der Waals surface area (Å²) in [5.74, 6) is 1.74. The maximum absolute atomic E-state index is 13.9. The van der Waals surface area contributed by atoms with Crippen LogP contribution in [0, 0.1) is 0 Å². The number of thioether (sulfide) groups is 1.